The van der Waals surface area contributed by atoms with E-state index in [1.807, 2.05) is 49.2 Å². The molecule has 2 aliphatic rings. The fourth-order valence-corrected chi connectivity index (χ4v) is 3.40. The number of nitrogens with zero attached hydrogens (tertiary/aromatic N) is 1. The maximum absolute atomic E-state index is 12.5. The van der Waals surface area contributed by atoms with Gasteiger partial charge in [-0.05, 0) is 38.1 Å². The Morgan fingerprint density at radius 3 is 2.81 bits per heavy atom. The average molecular weight is 285 g/mol. The average Bonchev–Trinajstić information content (AvgIpc) is 2.91. The second-order valence-electron chi connectivity index (χ2n) is 6.08. The second kappa shape index (κ2) is 4.62. The van der Waals surface area contributed by atoms with Crippen LogP contribution in [0.4, 0.5) is 5.69 Å². The summed E-state index contributed by atoms with van der Waals surface area (Å²) >= 11 is 0. The Kier molecular flexibility index (Phi) is 3.01. The lowest BCUT2D eigenvalue weighted by atomic mass is 9.79. The zero-order valence-electron chi connectivity index (χ0n) is 12.2. The molecule has 0 aliphatic carbocycles. The summed E-state index contributed by atoms with van der Waals surface area (Å²) in [5, 5.41) is 2.93. The van der Waals surface area contributed by atoms with E-state index in [4.69, 9.17) is 5.73 Å². The van der Waals surface area contributed by atoms with Crippen molar-refractivity contribution >= 4 is 17.5 Å². The van der Waals surface area contributed by atoms with E-state index in [2.05, 4.69) is 5.32 Å². The third-order valence-electron chi connectivity index (χ3n) is 4.27. The molecule has 0 saturated carbocycles. The summed E-state index contributed by atoms with van der Waals surface area (Å²) in [7, 11) is 0. The number of anilines is 1. The topological polar surface area (TPSA) is 75.4 Å². The zero-order chi connectivity index (χ0) is 15.2. The van der Waals surface area contributed by atoms with Crippen LogP contribution < -0.4 is 11.1 Å². The number of carbonyl (C=O) groups is 2. The lowest BCUT2D eigenvalue weighted by Gasteiger charge is -2.22. The number of hydrogen-bond acceptors (Lipinski definition) is 3. The van der Waals surface area contributed by atoms with Crippen LogP contribution in [0.2, 0.25) is 0 Å². The predicted octanol–water partition coefficient (Wildman–Crippen LogP) is 1.36. The van der Waals surface area contributed by atoms with E-state index in [0.29, 0.717) is 13.0 Å². The monoisotopic (exact) mass is 285 g/mol. The Hall–Kier alpha value is -2.30. The molecule has 1 aromatic carbocycles. The maximum Gasteiger partial charge on any atom is 0.240 e. The molecule has 0 bridgehead atoms. The van der Waals surface area contributed by atoms with Crippen LogP contribution in [-0.2, 0) is 15.0 Å². The summed E-state index contributed by atoms with van der Waals surface area (Å²) in [6, 6.07) is 7.22. The fourth-order valence-electron chi connectivity index (χ4n) is 3.40. The van der Waals surface area contributed by atoms with Gasteiger partial charge >= 0.3 is 0 Å². The van der Waals surface area contributed by atoms with Gasteiger partial charge in [-0.25, -0.2) is 0 Å². The first-order valence-electron chi connectivity index (χ1n) is 7.05. The van der Waals surface area contributed by atoms with Crippen LogP contribution in [-0.4, -0.2) is 29.3 Å². The summed E-state index contributed by atoms with van der Waals surface area (Å²) < 4.78 is 0. The number of nitrogens with one attached hydrogen (secondary N) is 1. The van der Waals surface area contributed by atoms with Gasteiger partial charge in [-0.1, -0.05) is 23.8 Å². The summed E-state index contributed by atoms with van der Waals surface area (Å²) in [4.78, 5) is 26.2. The third-order valence-corrected chi connectivity index (χ3v) is 4.27. The Morgan fingerprint density at radius 2 is 2.14 bits per heavy atom. The highest BCUT2D eigenvalue weighted by molar-refractivity contribution is 6.07. The van der Waals surface area contributed by atoms with Crippen LogP contribution in [0.1, 0.15) is 25.8 Å². The second-order valence-corrected chi connectivity index (χ2v) is 6.08. The summed E-state index contributed by atoms with van der Waals surface area (Å²) in [6.07, 6.45) is 2.34. The van der Waals surface area contributed by atoms with Gasteiger partial charge in [0.05, 0.1) is 5.41 Å². The minimum absolute atomic E-state index is 0.0420. The summed E-state index contributed by atoms with van der Waals surface area (Å²) in [5.41, 5.74) is 7.74. The largest absolute Gasteiger partial charge is 0.368 e. The van der Waals surface area contributed by atoms with E-state index >= 15 is 0 Å². The molecule has 2 unspecified atom stereocenters. The van der Waals surface area contributed by atoms with Crippen molar-refractivity contribution in [1.82, 2.24) is 4.90 Å². The molecule has 2 aliphatic heterocycles. The number of benzene rings is 1. The molecule has 5 nitrogen and oxygen atoms in total. The van der Waals surface area contributed by atoms with Gasteiger partial charge in [0, 0.05) is 12.2 Å². The number of likely N-dealkylation sites (tertiary alicyclic amines) is 1. The van der Waals surface area contributed by atoms with Gasteiger partial charge in [0.1, 0.15) is 6.04 Å². The normalized spacial score (nSPS) is 26.7. The van der Waals surface area contributed by atoms with Crippen molar-refractivity contribution in [1.29, 1.82) is 0 Å². The van der Waals surface area contributed by atoms with Crippen molar-refractivity contribution in [3.05, 3.63) is 41.6 Å². The molecule has 3 N–H and O–H groups in total. The van der Waals surface area contributed by atoms with Crippen LogP contribution in [0.3, 0.4) is 0 Å². The molecule has 2 atom stereocenters. The minimum Gasteiger partial charge on any atom is -0.368 e. The van der Waals surface area contributed by atoms with Crippen molar-refractivity contribution in [3.63, 3.8) is 0 Å². The SMILES string of the molecule is CC(C)=CN1CC2(CC1C(N)=O)C(=O)Nc1ccccc12. The fraction of sp³-hybridized carbons (Fsp3) is 0.375. The molecule has 2 heterocycles. The molecule has 1 fully saturated rings. The number of allylic oxidation sites excluding steroid dienone is 1. The number of primary amides is 1. The van der Waals surface area contributed by atoms with Gasteiger partial charge in [-0.3, -0.25) is 9.59 Å². The van der Waals surface area contributed by atoms with Crippen molar-refractivity contribution in [2.75, 3.05) is 11.9 Å². The van der Waals surface area contributed by atoms with Crippen LogP contribution in [0.15, 0.2) is 36.0 Å². The highest BCUT2D eigenvalue weighted by Crippen LogP contribution is 2.46. The lowest BCUT2D eigenvalue weighted by molar-refractivity contribution is -0.121. The predicted molar refractivity (Wildman–Crippen MR) is 80.5 cm³/mol. The van der Waals surface area contributed by atoms with E-state index in [-0.39, 0.29) is 11.8 Å². The molecular formula is C16H19N3O2. The number of fused-ring (bicyclic) bond motifs is 2. The molecular weight excluding hydrogens is 266 g/mol. The van der Waals surface area contributed by atoms with Crippen molar-refractivity contribution < 1.29 is 9.59 Å². The molecule has 3 rings (SSSR count). The van der Waals surface area contributed by atoms with E-state index in [1.165, 1.54) is 0 Å². The first-order chi connectivity index (χ1) is 9.94. The Balaban J connectivity index is 2.06. The van der Waals surface area contributed by atoms with Crippen LogP contribution in [0.5, 0.6) is 0 Å². The number of carbonyl (C=O) groups excluding carboxylic acids is 2. The van der Waals surface area contributed by atoms with Gasteiger partial charge in [-0.2, -0.15) is 0 Å². The van der Waals surface area contributed by atoms with Gasteiger partial charge in [0.15, 0.2) is 0 Å². The number of hydrogen-bond donors (Lipinski definition) is 2. The number of para-hydroxylation sites is 1. The van der Waals surface area contributed by atoms with E-state index in [9.17, 15) is 9.59 Å². The molecule has 1 spiro atoms. The number of amides is 2. The smallest absolute Gasteiger partial charge is 0.240 e. The van der Waals surface area contributed by atoms with Crippen LogP contribution >= 0.6 is 0 Å². The van der Waals surface area contributed by atoms with Crippen molar-refractivity contribution in [2.45, 2.75) is 31.7 Å². The van der Waals surface area contributed by atoms with Gasteiger partial charge < -0.3 is 16.0 Å². The van der Waals surface area contributed by atoms with Gasteiger partial charge in [0.2, 0.25) is 11.8 Å². The highest BCUT2D eigenvalue weighted by atomic mass is 16.2. The Morgan fingerprint density at radius 1 is 1.43 bits per heavy atom. The summed E-state index contributed by atoms with van der Waals surface area (Å²) in [5.74, 6) is -0.429. The quantitative estimate of drug-likeness (QED) is 0.861. The first kappa shape index (κ1) is 13.7. The molecule has 1 saturated heterocycles. The Bertz CT molecular complexity index is 649. The van der Waals surface area contributed by atoms with Crippen LogP contribution in [0.25, 0.3) is 0 Å². The van der Waals surface area contributed by atoms with E-state index < -0.39 is 11.5 Å². The van der Waals surface area contributed by atoms with Gasteiger partial charge in [0.25, 0.3) is 0 Å². The van der Waals surface area contributed by atoms with E-state index in [0.717, 1.165) is 16.8 Å². The third kappa shape index (κ3) is 2.00. The molecule has 1 aromatic rings. The molecule has 21 heavy (non-hydrogen) atoms. The highest BCUT2D eigenvalue weighted by Gasteiger charge is 2.55. The standard InChI is InChI=1S/C16H19N3O2/c1-10(2)8-19-9-16(7-13(19)14(17)20)11-5-3-4-6-12(11)18-15(16)21/h3-6,8,13H,7,9H2,1-2H3,(H2,17,20)(H,18,21). The molecule has 110 valence electrons. The van der Waals surface area contributed by atoms with Crippen LogP contribution in [0, 0.1) is 0 Å². The molecule has 2 amide bonds. The summed E-state index contributed by atoms with van der Waals surface area (Å²) in [6.45, 7) is 4.41. The molecule has 5 heteroatoms. The van der Waals surface area contributed by atoms with Crippen molar-refractivity contribution in [3.8, 4) is 0 Å². The van der Waals surface area contributed by atoms with Crippen molar-refractivity contribution in [2.24, 2.45) is 5.73 Å². The number of rotatable bonds is 2. The lowest BCUT2D eigenvalue weighted by Crippen LogP contribution is -2.37. The Labute approximate surface area is 123 Å². The van der Waals surface area contributed by atoms with E-state index in [1.54, 1.807) is 0 Å². The number of nitrogens with two attached hydrogens (primary N) is 1. The molecule has 0 radical (unpaired) electrons. The zero-order valence-corrected chi connectivity index (χ0v) is 12.2. The van der Waals surface area contributed by atoms with Gasteiger partial charge in [-0.15, -0.1) is 0 Å². The minimum atomic E-state index is -0.678. The molecule has 0 aromatic heterocycles. The first-order valence-corrected chi connectivity index (χ1v) is 7.05. The maximum atomic E-state index is 12.5.